The van der Waals surface area contributed by atoms with Crippen molar-refractivity contribution in [2.24, 2.45) is 11.8 Å². The van der Waals surface area contributed by atoms with Crippen LogP contribution < -0.4 is 15.5 Å². The molecule has 2 saturated heterocycles. The van der Waals surface area contributed by atoms with Gasteiger partial charge in [0.25, 0.3) is 5.91 Å². The van der Waals surface area contributed by atoms with Crippen molar-refractivity contribution in [3.05, 3.63) is 66.4 Å². The standard InChI is InChI=1S/C25H23N7O2/c33-25-24-19(8-29-25)18(21-9-28-23-10-26-5-6-32(21)23)2-3-20(24)30-22-4-1-17(7-27-22)31-11-15-13-34-14-16(15)12-31/h1-7,9-10,15-16H,8,11-14H2,(H,27,30)(H,29,33)/t15-,16+. The number of fused-ring (bicyclic) bond motifs is 3. The number of hydrogen-bond donors (Lipinski definition) is 2. The predicted octanol–water partition coefficient (Wildman–Crippen LogP) is 2.86. The number of aromatic nitrogens is 4. The van der Waals surface area contributed by atoms with Gasteiger partial charge in [-0.1, -0.05) is 6.07 Å². The van der Waals surface area contributed by atoms with Crippen LogP contribution in [0.4, 0.5) is 17.2 Å². The van der Waals surface area contributed by atoms with Gasteiger partial charge in [-0.2, -0.15) is 0 Å². The Labute approximate surface area is 195 Å². The first-order chi connectivity index (χ1) is 16.7. The van der Waals surface area contributed by atoms with E-state index in [2.05, 4.69) is 36.6 Å². The van der Waals surface area contributed by atoms with Gasteiger partial charge in [0.2, 0.25) is 0 Å². The number of rotatable bonds is 4. The Hall–Kier alpha value is -3.98. The summed E-state index contributed by atoms with van der Waals surface area (Å²) in [6.07, 6.45) is 9.06. The van der Waals surface area contributed by atoms with Crippen LogP contribution in [0.5, 0.6) is 0 Å². The summed E-state index contributed by atoms with van der Waals surface area (Å²) in [5, 5.41) is 6.33. The van der Waals surface area contributed by atoms with Gasteiger partial charge in [-0.05, 0) is 23.8 Å². The summed E-state index contributed by atoms with van der Waals surface area (Å²) in [5.74, 6) is 1.88. The van der Waals surface area contributed by atoms with Crippen LogP contribution in [0.25, 0.3) is 16.9 Å². The smallest absolute Gasteiger partial charge is 0.254 e. The molecule has 3 aliphatic rings. The Balaban J connectivity index is 1.18. The number of benzene rings is 1. The summed E-state index contributed by atoms with van der Waals surface area (Å²) in [5.41, 5.74) is 6.15. The highest BCUT2D eigenvalue weighted by Crippen LogP contribution is 2.36. The van der Waals surface area contributed by atoms with Crippen LogP contribution in [0.3, 0.4) is 0 Å². The first-order valence-electron chi connectivity index (χ1n) is 11.5. The third kappa shape index (κ3) is 3.04. The van der Waals surface area contributed by atoms with E-state index < -0.39 is 0 Å². The number of carbonyl (C=O) groups is 1. The molecule has 2 fully saturated rings. The molecular weight excluding hydrogens is 430 g/mol. The van der Waals surface area contributed by atoms with Crippen molar-refractivity contribution in [1.82, 2.24) is 24.7 Å². The Bertz CT molecular complexity index is 1400. The van der Waals surface area contributed by atoms with Gasteiger partial charge < -0.3 is 20.3 Å². The monoisotopic (exact) mass is 453 g/mol. The molecule has 0 unspecified atom stereocenters. The topological polar surface area (TPSA) is 96.7 Å². The van der Waals surface area contributed by atoms with Crippen LogP contribution in [0.15, 0.2) is 55.2 Å². The molecule has 170 valence electrons. The zero-order valence-corrected chi connectivity index (χ0v) is 18.4. The van der Waals surface area contributed by atoms with Gasteiger partial charge in [0, 0.05) is 49.4 Å². The molecule has 0 saturated carbocycles. The molecule has 3 aliphatic heterocycles. The van der Waals surface area contributed by atoms with Crippen molar-refractivity contribution in [2.45, 2.75) is 6.54 Å². The molecular formula is C25H23N7O2. The lowest BCUT2D eigenvalue weighted by Gasteiger charge is -2.19. The largest absolute Gasteiger partial charge is 0.381 e. The predicted molar refractivity (Wildman–Crippen MR) is 127 cm³/mol. The van der Waals surface area contributed by atoms with Crippen LogP contribution in [-0.2, 0) is 11.3 Å². The number of hydrogen-bond acceptors (Lipinski definition) is 7. The second-order valence-corrected chi connectivity index (χ2v) is 9.13. The SMILES string of the molecule is O=C1NCc2c(-c3cnc4cnccn34)ccc(Nc3ccc(N4C[C@H]5COC[C@H]5C4)cn3)c21. The molecule has 0 aliphatic carbocycles. The summed E-state index contributed by atoms with van der Waals surface area (Å²) < 4.78 is 7.57. The molecule has 2 N–H and O–H groups in total. The van der Waals surface area contributed by atoms with Gasteiger partial charge in [0.1, 0.15) is 5.82 Å². The molecule has 9 heteroatoms. The highest BCUT2D eigenvalue weighted by molar-refractivity contribution is 6.06. The fraction of sp³-hybridized carbons (Fsp3) is 0.280. The number of nitrogens with zero attached hydrogens (tertiary/aromatic N) is 5. The van der Waals surface area contributed by atoms with E-state index in [4.69, 9.17) is 4.74 Å². The molecule has 4 aromatic rings. The molecule has 0 bridgehead atoms. The lowest BCUT2D eigenvalue weighted by Crippen LogP contribution is -2.22. The number of nitrogens with one attached hydrogen (secondary N) is 2. The van der Waals surface area contributed by atoms with E-state index in [1.54, 1.807) is 12.4 Å². The van der Waals surface area contributed by atoms with E-state index in [1.807, 2.05) is 41.2 Å². The first kappa shape index (κ1) is 19.5. The van der Waals surface area contributed by atoms with Crippen molar-refractivity contribution in [3.63, 3.8) is 0 Å². The number of pyridine rings is 1. The summed E-state index contributed by atoms with van der Waals surface area (Å²) >= 11 is 0. The minimum Gasteiger partial charge on any atom is -0.381 e. The zero-order chi connectivity index (χ0) is 22.6. The maximum atomic E-state index is 12.8. The number of anilines is 3. The van der Waals surface area contributed by atoms with Gasteiger partial charge in [-0.15, -0.1) is 0 Å². The van der Waals surface area contributed by atoms with Crippen LogP contribution in [0, 0.1) is 11.8 Å². The van der Waals surface area contributed by atoms with Gasteiger partial charge in [-0.25, -0.2) is 9.97 Å². The summed E-state index contributed by atoms with van der Waals surface area (Å²) in [6.45, 7) is 4.25. The molecule has 34 heavy (non-hydrogen) atoms. The summed E-state index contributed by atoms with van der Waals surface area (Å²) in [7, 11) is 0. The van der Waals surface area contributed by atoms with Crippen LogP contribution >= 0.6 is 0 Å². The lowest BCUT2D eigenvalue weighted by atomic mass is 9.99. The van der Waals surface area contributed by atoms with Gasteiger partial charge in [-0.3, -0.25) is 14.2 Å². The number of amides is 1. The van der Waals surface area contributed by atoms with Crippen molar-refractivity contribution in [2.75, 3.05) is 36.5 Å². The fourth-order valence-corrected chi connectivity index (χ4v) is 5.42. The quantitative estimate of drug-likeness (QED) is 0.490. The Morgan fingerprint density at radius 3 is 2.74 bits per heavy atom. The van der Waals surface area contributed by atoms with Crippen LogP contribution in [-0.4, -0.2) is 51.6 Å². The Kier molecular flexibility index (Phi) is 4.31. The minimum absolute atomic E-state index is 0.0858. The average molecular weight is 454 g/mol. The molecule has 9 nitrogen and oxygen atoms in total. The van der Waals surface area contributed by atoms with Crippen LogP contribution in [0.1, 0.15) is 15.9 Å². The highest BCUT2D eigenvalue weighted by Gasteiger charge is 2.37. The zero-order valence-electron chi connectivity index (χ0n) is 18.4. The molecule has 3 aromatic heterocycles. The molecule has 7 rings (SSSR count). The number of ether oxygens (including phenoxy) is 1. The molecule has 1 aromatic carbocycles. The fourth-order valence-electron chi connectivity index (χ4n) is 5.42. The molecule has 0 spiro atoms. The summed E-state index contributed by atoms with van der Waals surface area (Å²) in [4.78, 5) is 28.4. The normalized spacial score (nSPS) is 21.1. The third-order valence-corrected chi connectivity index (χ3v) is 7.17. The van der Waals surface area contributed by atoms with E-state index in [9.17, 15) is 4.79 Å². The average Bonchev–Trinajstić information content (AvgIpc) is 3.63. The van der Waals surface area contributed by atoms with Crippen molar-refractivity contribution in [3.8, 4) is 11.3 Å². The van der Waals surface area contributed by atoms with Crippen molar-refractivity contribution < 1.29 is 9.53 Å². The van der Waals surface area contributed by atoms with E-state index >= 15 is 0 Å². The van der Waals surface area contributed by atoms with E-state index in [0.29, 0.717) is 29.8 Å². The Morgan fingerprint density at radius 2 is 1.91 bits per heavy atom. The third-order valence-electron chi connectivity index (χ3n) is 7.17. The number of imidazole rings is 1. The lowest BCUT2D eigenvalue weighted by molar-refractivity contribution is 0.0966. The molecule has 1 amide bonds. The van der Waals surface area contributed by atoms with Crippen molar-refractivity contribution >= 4 is 28.7 Å². The second-order valence-electron chi connectivity index (χ2n) is 9.13. The molecule has 0 radical (unpaired) electrons. The van der Waals surface area contributed by atoms with E-state index in [-0.39, 0.29) is 5.91 Å². The van der Waals surface area contributed by atoms with Gasteiger partial charge >= 0.3 is 0 Å². The second kappa shape index (κ2) is 7.53. The molecule has 2 atom stereocenters. The minimum atomic E-state index is -0.0858. The Morgan fingerprint density at radius 1 is 1.03 bits per heavy atom. The van der Waals surface area contributed by atoms with E-state index in [0.717, 1.165) is 60.1 Å². The summed E-state index contributed by atoms with van der Waals surface area (Å²) in [6, 6.07) is 8.05. The maximum Gasteiger partial charge on any atom is 0.254 e. The highest BCUT2D eigenvalue weighted by atomic mass is 16.5. The van der Waals surface area contributed by atoms with Gasteiger partial charge in [0.05, 0.1) is 54.4 Å². The van der Waals surface area contributed by atoms with Crippen molar-refractivity contribution in [1.29, 1.82) is 0 Å². The maximum absolute atomic E-state index is 12.8. The first-order valence-corrected chi connectivity index (χ1v) is 11.5. The van der Waals surface area contributed by atoms with Crippen LogP contribution in [0.2, 0.25) is 0 Å². The van der Waals surface area contributed by atoms with E-state index in [1.165, 1.54) is 0 Å². The molecule has 6 heterocycles. The number of carbonyl (C=O) groups excluding carboxylic acids is 1. The van der Waals surface area contributed by atoms with Gasteiger partial charge in [0.15, 0.2) is 5.65 Å².